The summed E-state index contributed by atoms with van der Waals surface area (Å²) in [4.78, 5) is 22.7. The molecule has 0 aliphatic rings. The highest BCUT2D eigenvalue weighted by molar-refractivity contribution is 9.11. The summed E-state index contributed by atoms with van der Waals surface area (Å²) in [6, 6.07) is 3.46. The smallest absolute Gasteiger partial charge is 0.273 e. The Morgan fingerprint density at radius 3 is 2.64 bits per heavy atom. The molecule has 0 bridgehead atoms. The van der Waals surface area contributed by atoms with Gasteiger partial charge in [0.2, 0.25) is 5.91 Å². The molecule has 4 nitrogen and oxygen atoms in total. The monoisotopic (exact) mass is 276 g/mol. The Hall–Kier alpha value is -0.880. The molecule has 0 unspecified atom stereocenters. The van der Waals surface area contributed by atoms with Gasteiger partial charge in [-0.1, -0.05) is 6.92 Å². The summed E-state index contributed by atoms with van der Waals surface area (Å²) in [5.41, 5.74) is 4.61. The summed E-state index contributed by atoms with van der Waals surface area (Å²) in [6.45, 7) is 1.71. The van der Waals surface area contributed by atoms with Crippen LogP contribution < -0.4 is 10.9 Å². The average Bonchev–Trinajstić information content (AvgIpc) is 2.60. The highest BCUT2D eigenvalue weighted by Crippen LogP contribution is 2.21. The van der Waals surface area contributed by atoms with Gasteiger partial charge in [0.05, 0.1) is 8.66 Å². The molecule has 14 heavy (non-hydrogen) atoms. The first-order valence-electron chi connectivity index (χ1n) is 3.98. The number of halogens is 1. The van der Waals surface area contributed by atoms with E-state index >= 15 is 0 Å². The normalized spacial score (nSPS) is 9.57. The van der Waals surface area contributed by atoms with E-state index in [1.807, 2.05) is 0 Å². The number of carbonyl (C=O) groups excluding carboxylic acids is 2. The van der Waals surface area contributed by atoms with E-state index in [4.69, 9.17) is 0 Å². The summed E-state index contributed by atoms with van der Waals surface area (Å²) >= 11 is 4.55. The molecular formula is C8H9BrN2O2S. The molecule has 0 atom stereocenters. The largest absolute Gasteiger partial charge is 0.279 e. The van der Waals surface area contributed by atoms with Crippen molar-refractivity contribution >= 4 is 39.1 Å². The van der Waals surface area contributed by atoms with E-state index in [1.165, 1.54) is 11.3 Å². The molecule has 1 aromatic rings. The van der Waals surface area contributed by atoms with Crippen LogP contribution in [0.2, 0.25) is 0 Å². The molecule has 2 N–H and O–H groups in total. The molecule has 76 valence electrons. The Morgan fingerprint density at radius 1 is 1.43 bits per heavy atom. The van der Waals surface area contributed by atoms with Crippen LogP contribution >= 0.6 is 27.3 Å². The maximum atomic E-state index is 11.3. The van der Waals surface area contributed by atoms with Crippen LogP contribution in [0.5, 0.6) is 0 Å². The lowest BCUT2D eigenvalue weighted by Gasteiger charge is -2.03. The molecule has 1 aromatic heterocycles. The topological polar surface area (TPSA) is 58.2 Å². The van der Waals surface area contributed by atoms with Crippen molar-refractivity contribution in [3.05, 3.63) is 20.8 Å². The van der Waals surface area contributed by atoms with Crippen LogP contribution in [0.15, 0.2) is 15.9 Å². The minimum Gasteiger partial charge on any atom is -0.273 e. The van der Waals surface area contributed by atoms with Crippen LogP contribution in [0.1, 0.15) is 23.0 Å². The van der Waals surface area contributed by atoms with Gasteiger partial charge in [-0.2, -0.15) is 0 Å². The lowest BCUT2D eigenvalue weighted by Crippen LogP contribution is -2.40. The third kappa shape index (κ3) is 3.12. The number of hydrogen-bond donors (Lipinski definition) is 2. The first kappa shape index (κ1) is 11.2. The third-order valence-electron chi connectivity index (χ3n) is 1.43. The van der Waals surface area contributed by atoms with Crippen molar-refractivity contribution in [3.8, 4) is 0 Å². The van der Waals surface area contributed by atoms with Crippen molar-refractivity contribution in [2.75, 3.05) is 0 Å². The van der Waals surface area contributed by atoms with Crippen LogP contribution in [-0.4, -0.2) is 11.8 Å². The Balaban J connectivity index is 2.47. The molecule has 0 aromatic carbocycles. The number of amides is 2. The summed E-state index contributed by atoms with van der Waals surface area (Å²) in [5, 5.41) is 0. The van der Waals surface area contributed by atoms with Crippen molar-refractivity contribution in [2.45, 2.75) is 13.3 Å². The van der Waals surface area contributed by atoms with Gasteiger partial charge in [0, 0.05) is 6.42 Å². The van der Waals surface area contributed by atoms with Crippen molar-refractivity contribution in [1.82, 2.24) is 10.9 Å². The highest BCUT2D eigenvalue weighted by atomic mass is 79.9. The fourth-order valence-electron chi connectivity index (χ4n) is 0.713. The van der Waals surface area contributed by atoms with Gasteiger partial charge in [-0.05, 0) is 28.1 Å². The first-order chi connectivity index (χ1) is 6.63. The summed E-state index contributed by atoms with van der Waals surface area (Å²) < 4.78 is 0.879. The molecule has 0 aliphatic heterocycles. The van der Waals surface area contributed by atoms with E-state index in [0.29, 0.717) is 11.3 Å². The number of rotatable bonds is 2. The molecule has 0 spiro atoms. The first-order valence-corrected chi connectivity index (χ1v) is 5.59. The zero-order chi connectivity index (χ0) is 10.6. The van der Waals surface area contributed by atoms with Gasteiger partial charge < -0.3 is 0 Å². The Morgan fingerprint density at radius 2 is 2.14 bits per heavy atom. The Kier molecular flexibility index (Phi) is 4.09. The Labute approximate surface area is 93.8 Å². The highest BCUT2D eigenvalue weighted by Gasteiger charge is 2.08. The molecule has 1 heterocycles. The van der Waals surface area contributed by atoms with E-state index < -0.39 is 0 Å². The van der Waals surface area contributed by atoms with E-state index in [0.717, 1.165) is 3.79 Å². The molecule has 6 heteroatoms. The third-order valence-corrected chi connectivity index (χ3v) is 3.06. The number of carbonyl (C=O) groups is 2. The van der Waals surface area contributed by atoms with Gasteiger partial charge in [-0.3, -0.25) is 20.4 Å². The SMILES string of the molecule is CCC(=O)NNC(=O)c1ccc(Br)s1. The lowest BCUT2D eigenvalue weighted by molar-refractivity contribution is -0.121. The maximum absolute atomic E-state index is 11.3. The van der Waals surface area contributed by atoms with E-state index in [2.05, 4.69) is 26.8 Å². The van der Waals surface area contributed by atoms with Crippen molar-refractivity contribution in [2.24, 2.45) is 0 Å². The zero-order valence-electron chi connectivity index (χ0n) is 7.46. The number of nitrogens with one attached hydrogen (secondary N) is 2. The maximum Gasteiger partial charge on any atom is 0.279 e. The van der Waals surface area contributed by atoms with Crippen molar-refractivity contribution in [1.29, 1.82) is 0 Å². The van der Waals surface area contributed by atoms with E-state index in [9.17, 15) is 9.59 Å². The van der Waals surface area contributed by atoms with Crippen LogP contribution in [-0.2, 0) is 4.79 Å². The Bertz CT molecular complexity index is 351. The molecule has 2 amide bonds. The minimum atomic E-state index is -0.303. The quantitative estimate of drug-likeness (QED) is 0.808. The summed E-state index contributed by atoms with van der Waals surface area (Å²) in [6.07, 6.45) is 0.342. The molecule has 0 aliphatic carbocycles. The van der Waals surface area contributed by atoms with Crippen LogP contribution in [0.3, 0.4) is 0 Å². The van der Waals surface area contributed by atoms with Gasteiger partial charge in [0.25, 0.3) is 5.91 Å². The van der Waals surface area contributed by atoms with Crippen LogP contribution in [0.4, 0.5) is 0 Å². The van der Waals surface area contributed by atoms with Crippen molar-refractivity contribution in [3.63, 3.8) is 0 Å². The van der Waals surface area contributed by atoms with Gasteiger partial charge in [-0.15, -0.1) is 11.3 Å². The lowest BCUT2D eigenvalue weighted by atomic mass is 10.4. The zero-order valence-corrected chi connectivity index (χ0v) is 9.87. The molecule has 0 saturated heterocycles. The molecule has 1 rings (SSSR count). The predicted molar refractivity (Wildman–Crippen MR) is 57.9 cm³/mol. The minimum absolute atomic E-state index is 0.214. The molecule has 0 fully saturated rings. The standard InChI is InChI=1S/C8H9BrN2O2S/c1-2-7(12)10-11-8(13)5-3-4-6(9)14-5/h3-4H,2H2,1H3,(H,10,12)(H,11,13). The molecule has 0 saturated carbocycles. The van der Waals surface area contributed by atoms with Crippen LogP contribution in [0.25, 0.3) is 0 Å². The van der Waals surface area contributed by atoms with Gasteiger partial charge in [-0.25, -0.2) is 0 Å². The van der Waals surface area contributed by atoms with E-state index in [-0.39, 0.29) is 11.8 Å². The van der Waals surface area contributed by atoms with Gasteiger partial charge in [0.15, 0.2) is 0 Å². The second-order valence-electron chi connectivity index (χ2n) is 2.46. The second kappa shape index (κ2) is 5.11. The number of thiophene rings is 1. The molecule has 0 radical (unpaired) electrons. The van der Waals surface area contributed by atoms with Crippen LogP contribution in [0, 0.1) is 0 Å². The number of hydrazine groups is 1. The fraction of sp³-hybridized carbons (Fsp3) is 0.250. The summed E-state index contributed by atoms with van der Waals surface area (Å²) in [5.74, 6) is -0.517. The van der Waals surface area contributed by atoms with E-state index in [1.54, 1.807) is 19.1 Å². The second-order valence-corrected chi connectivity index (χ2v) is 4.92. The molecular weight excluding hydrogens is 268 g/mol. The van der Waals surface area contributed by atoms with Crippen molar-refractivity contribution < 1.29 is 9.59 Å². The fourth-order valence-corrected chi connectivity index (χ4v) is 1.99. The number of hydrogen-bond acceptors (Lipinski definition) is 3. The predicted octanol–water partition coefficient (Wildman–Crippen LogP) is 1.68. The van der Waals surface area contributed by atoms with Gasteiger partial charge >= 0.3 is 0 Å². The average molecular weight is 277 g/mol. The van der Waals surface area contributed by atoms with Gasteiger partial charge in [0.1, 0.15) is 0 Å². The summed E-state index contributed by atoms with van der Waals surface area (Å²) in [7, 11) is 0.